The highest BCUT2D eigenvalue weighted by Gasteiger charge is 2.53. The van der Waals surface area contributed by atoms with E-state index in [0.29, 0.717) is 11.8 Å². The van der Waals surface area contributed by atoms with Gasteiger partial charge in [-0.2, -0.15) is 5.26 Å². The third-order valence-electron chi connectivity index (χ3n) is 3.15. The van der Waals surface area contributed by atoms with E-state index in [4.69, 9.17) is 5.26 Å². The summed E-state index contributed by atoms with van der Waals surface area (Å²) in [6.07, 6.45) is 4.26. The second-order valence-corrected chi connectivity index (χ2v) is 3.49. The van der Waals surface area contributed by atoms with Crippen LogP contribution >= 0.6 is 0 Å². The van der Waals surface area contributed by atoms with Gasteiger partial charge in [-0.25, -0.2) is 0 Å². The quantitative estimate of drug-likeness (QED) is 0.507. The molecule has 2 bridgehead atoms. The first-order valence-corrected chi connectivity index (χ1v) is 3.91. The van der Waals surface area contributed by atoms with Gasteiger partial charge in [-0.05, 0) is 25.7 Å². The molecule has 0 saturated heterocycles. The van der Waals surface area contributed by atoms with E-state index < -0.39 is 5.60 Å². The number of nitriles is 1. The van der Waals surface area contributed by atoms with Gasteiger partial charge in [0.05, 0.1) is 6.07 Å². The molecule has 2 aliphatic carbocycles. The Labute approximate surface area is 60.5 Å². The van der Waals surface area contributed by atoms with Crippen LogP contribution < -0.4 is 0 Å². The monoisotopic (exact) mass is 137 g/mol. The van der Waals surface area contributed by atoms with Crippen LogP contribution in [0.3, 0.4) is 0 Å². The highest BCUT2D eigenvalue weighted by atomic mass is 16.3. The Hall–Kier alpha value is -0.550. The van der Waals surface area contributed by atoms with Crippen molar-refractivity contribution in [2.24, 2.45) is 11.8 Å². The van der Waals surface area contributed by atoms with E-state index in [1.54, 1.807) is 0 Å². The van der Waals surface area contributed by atoms with E-state index in [9.17, 15) is 5.11 Å². The highest BCUT2D eigenvalue weighted by molar-refractivity contribution is 5.16. The van der Waals surface area contributed by atoms with E-state index in [1.165, 1.54) is 0 Å². The topological polar surface area (TPSA) is 44.0 Å². The lowest BCUT2D eigenvalue weighted by Crippen LogP contribution is -2.31. The van der Waals surface area contributed by atoms with Crippen molar-refractivity contribution in [2.45, 2.75) is 31.3 Å². The lowest BCUT2D eigenvalue weighted by molar-refractivity contribution is 0.0525. The largest absolute Gasteiger partial charge is 0.375 e. The van der Waals surface area contributed by atoms with E-state index in [2.05, 4.69) is 6.07 Å². The molecule has 0 heterocycles. The number of rotatable bonds is 0. The van der Waals surface area contributed by atoms with Crippen LogP contribution in [0.15, 0.2) is 0 Å². The molecule has 10 heavy (non-hydrogen) atoms. The smallest absolute Gasteiger partial charge is 0.156 e. The van der Waals surface area contributed by atoms with Crippen LogP contribution in [0, 0.1) is 23.2 Å². The zero-order valence-electron chi connectivity index (χ0n) is 5.88. The highest BCUT2D eigenvalue weighted by Crippen LogP contribution is 2.51. The molecular weight excluding hydrogens is 126 g/mol. The van der Waals surface area contributed by atoms with E-state index in [0.717, 1.165) is 25.7 Å². The molecule has 2 fully saturated rings. The Morgan fingerprint density at radius 3 is 1.80 bits per heavy atom. The van der Waals surface area contributed by atoms with Crippen molar-refractivity contribution in [2.75, 3.05) is 0 Å². The maximum Gasteiger partial charge on any atom is 0.156 e. The first kappa shape index (κ1) is 6.18. The Morgan fingerprint density at radius 2 is 1.60 bits per heavy atom. The number of hydrogen-bond acceptors (Lipinski definition) is 2. The van der Waals surface area contributed by atoms with Gasteiger partial charge in [0.25, 0.3) is 0 Å². The predicted octanol–water partition coefficient (Wildman–Crippen LogP) is 1.06. The molecule has 2 aliphatic rings. The zero-order chi connectivity index (χ0) is 7.19. The van der Waals surface area contributed by atoms with Crippen LogP contribution in [0.5, 0.6) is 0 Å². The molecule has 2 saturated carbocycles. The summed E-state index contributed by atoms with van der Waals surface area (Å²) in [7, 11) is 0. The third kappa shape index (κ3) is 0.518. The number of fused-ring (bicyclic) bond motifs is 2. The van der Waals surface area contributed by atoms with Gasteiger partial charge in [-0.15, -0.1) is 0 Å². The molecule has 0 atom stereocenters. The lowest BCUT2D eigenvalue weighted by Gasteiger charge is -2.17. The van der Waals surface area contributed by atoms with Gasteiger partial charge in [-0.1, -0.05) is 0 Å². The summed E-state index contributed by atoms with van der Waals surface area (Å²) in [4.78, 5) is 0. The van der Waals surface area contributed by atoms with Crippen molar-refractivity contribution >= 4 is 0 Å². The average molecular weight is 137 g/mol. The summed E-state index contributed by atoms with van der Waals surface area (Å²) in [5.41, 5.74) is -0.931. The van der Waals surface area contributed by atoms with Crippen molar-refractivity contribution in [3.05, 3.63) is 0 Å². The number of aliphatic hydroxyl groups is 1. The van der Waals surface area contributed by atoms with Crippen molar-refractivity contribution in [3.63, 3.8) is 0 Å². The molecule has 0 aromatic carbocycles. The summed E-state index contributed by atoms with van der Waals surface area (Å²) in [6, 6.07) is 2.06. The van der Waals surface area contributed by atoms with Gasteiger partial charge in [-0.3, -0.25) is 0 Å². The maximum atomic E-state index is 9.74. The number of nitrogens with zero attached hydrogens (tertiary/aromatic N) is 1. The molecule has 2 heteroatoms. The second kappa shape index (κ2) is 1.73. The van der Waals surface area contributed by atoms with Crippen LogP contribution in [0.25, 0.3) is 0 Å². The van der Waals surface area contributed by atoms with Crippen LogP contribution in [-0.4, -0.2) is 10.7 Å². The van der Waals surface area contributed by atoms with E-state index >= 15 is 0 Å². The normalized spacial score (nSPS) is 51.2. The van der Waals surface area contributed by atoms with E-state index in [1.807, 2.05) is 0 Å². The predicted molar refractivity (Wildman–Crippen MR) is 36.0 cm³/mol. The van der Waals surface area contributed by atoms with Crippen LogP contribution in [0.4, 0.5) is 0 Å². The third-order valence-corrected chi connectivity index (χ3v) is 3.15. The first-order chi connectivity index (χ1) is 4.77. The second-order valence-electron chi connectivity index (χ2n) is 3.49. The van der Waals surface area contributed by atoms with Crippen molar-refractivity contribution in [3.8, 4) is 6.07 Å². The Balaban J connectivity index is 2.33. The van der Waals surface area contributed by atoms with Crippen molar-refractivity contribution in [1.29, 1.82) is 5.26 Å². The van der Waals surface area contributed by atoms with Gasteiger partial charge in [0, 0.05) is 11.8 Å². The first-order valence-electron chi connectivity index (χ1n) is 3.91. The van der Waals surface area contributed by atoms with Crippen molar-refractivity contribution < 1.29 is 5.11 Å². The fourth-order valence-corrected chi connectivity index (χ4v) is 2.49. The summed E-state index contributed by atoms with van der Waals surface area (Å²) in [6.45, 7) is 0. The fourth-order valence-electron chi connectivity index (χ4n) is 2.49. The van der Waals surface area contributed by atoms with Crippen molar-refractivity contribution in [1.82, 2.24) is 0 Å². The molecule has 1 N–H and O–H groups in total. The molecule has 0 aromatic heterocycles. The molecule has 0 unspecified atom stereocenters. The standard InChI is InChI=1S/C8H11NO/c9-5-8(10)6-1-2-7(8)4-3-6/h6-7,10H,1-4H2. The minimum Gasteiger partial charge on any atom is -0.375 e. The molecule has 0 aromatic rings. The molecule has 0 aliphatic heterocycles. The number of hydrogen-bond donors (Lipinski definition) is 1. The molecule has 2 nitrogen and oxygen atoms in total. The minimum atomic E-state index is -0.931. The van der Waals surface area contributed by atoms with Gasteiger partial charge in [0.2, 0.25) is 0 Å². The summed E-state index contributed by atoms with van der Waals surface area (Å²) < 4.78 is 0. The molecular formula is C8H11NO. The van der Waals surface area contributed by atoms with Gasteiger partial charge in [0.15, 0.2) is 5.60 Å². The fraction of sp³-hybridized carbons (Fsp3) is 0.875. The molecule has 0 amide bonds. The zero-order valence-corrected chi connectivity index (χ0v) is 5.88. The summed E-state index contributed by atoms with van der Waals surface area (Å²) >= 11 is 0. The Kier molecular flexibility index (Phi) is 1.07. The van der Waals surface area contributed by atoms with Crippen LogP contribution in [-0.2, 0) is 0 Å². The SMILES string of the molecule is N#CC1(O)C2CCC1CC2. The summed E-state index contributed by atoms with van der Waals surface area (Å²) in [5, 5.41) is 18.4. The van der Waals surface area contributed by atoms with E-state index in [-0.39, 0.29) is 0 Å². The van der Waals surface area contributed by atoms with Gasteiger partial charge < -0.3 is 5.11 Å². The maximum absolute atomic E-state index is 9.74. The molecule has 0 radical (unpaired) electrons. The lowest BCUT2D eigenvalue weighted by atomic mass is 9.94. The molecule has 54 valence electrons. The summed E-state index contributed by atoms with van der Waals surface area (Å²) in [5.74, 6) is 0.588. The molecule has 0 spiro atoms. The minimum absolute atomic E-state index is 0.294. The van der Waals surface area contributed by atoms with Crippen LogP contribution in [0.2, 0.25) is 0 Å². The molecule has 2 rings (SSSR count). The van der Waals surface area contributed by atoms with Gasteiger partial charge in [0.1, 0.15) is 0 Å². The average Bonchev–Trinajstić information content (AvgIpc) is 2.46. The Morgan fingerprint density at radius 1 is 1.20 bits per heavy atom. The van der Waals surface area contributed by atoms with Gasteiger partial charge >= 0.3 is 0 Å². The Bertz CT molecular complexity index is 174. The van der Waals surface area contributed by atoms with Crippen LogP contribution in [0.1, 0.15) is 25.7 Å².